The minimum absolute atomic E-state index is 0.0813. The van der Waals surface area contributed by atoms with Gasteiger partial charge in [0.25, 0.3) is 0 Å². The number of hydrogen-bond donors (Lipinski definition) is 3. The number of rotatable bonds is 2. The average molecular weight is 298 g/mol. The molecule has 0 spiro atoms. The van der Waals surface area contributed by atoms with Crippen molar-refractivity contribution in [3.05, 3.63) is 57.9 Å². The second-order valence-electron chi connectivity index (χ2n) is 5.27. The van der Waals surface area contributed by atoms with E-state index in [9.17, 15) is 9.90 Å². The summed E-state index contributed by atoms with van der Waals surface area (Å²) in [5, 5.41) is 15.8. The second kappa shape index (κ2) is 4.72. The number of nitrogens with one attached hydrogen (secondary N) is 2. The molecule has 0 saturated heterocycles. The highest BCUT2D eigenvalue weighted by atomic mass is 32.1. The Morgan fingerprint density at radius 2 is 2.10 bits per heavy atom. The van der Waals surface area contributed by atoms with Crippen LogP contribution in [0.3, 0.4) is 0 Å². The molecule has 0 amide bonds. The average Bonchev–Trinajstić information content (AvgIpc) is 3.13. The zero-order chi connectivity index (χ0) is 14.4. The number of aromatic amines is 1. The number of fused-ring (bicyclic) bond motifs is 3. The Bertz CT molecular complexity index is 807. The zero-order valence-electron chi connectivity index (χ0n) is 11.2. The number of benzene rings is 1. The Kier molecular flexibility index (Phi) is 2.83. The van der Waals surface area contributed by atoms with E-state index in [1.54, 1.807) is 11.3 Å². The van der Waals surface area contributed by atoms with E-state index in [0.29, 0.717) is 6.42 Å². The van der Waals surface area contributed by atoms with E-state index < -0.39 is 12.0 Å². The third-order valence-electron chi connectivity index (χ3n) is 4.04. The van der Waals surface area contributed by atoms with Crippen molar-refractivity contribution in [2.24, 2.45) is 0 Å². The van der Waals surface area contributed by atoms with Gasteiger partial charge in [0.1, 0.15) is 6.04 Å². The van der Waals surface area contributed by atoms with E-state index in [4.69, 9.17) is 0 Å². The number of thiophene rings is 1. The molecule has 4 nitrogen and oxygen atoms in total. The van der Waals surface area contributed by atoms with Crippen LogP contribution in [0.5, 0.6) is 0 Å². The first-order chi connectivity index (χ1) is 10.2. The summed E-state index contributed by atoms with van der Waals surface area (Å²) in [7, 11) is 0. The van der Waals surface area contributed by atoms with Crippen LogP contribution in [0.4, 0.5) is 0 Å². The van der Waals surface area contributed by atoms with Gasteiger partial charge < -0.3 is 10.1 Å². The number of aliphatic carboxylic acids is 1. The Morgan fingerprint density at radius 3 is 2.86 bits per heavy atom. The number of carbonyl (C=O) groups is 1. The molecule has 3 aromatic rings. The van der Waals surface area contributed by atoms with Crippen molar-refractivity contribution < 1.29 is 9.90 Å². The molecule has 1 aliphatic rings. The molecule has 106 valence electrons. The summed E-state index contributed by atoms with van der Waals surface area (Å²) < 4.78 is 0. The first-order valence-corrected chi connectivity index (χ1v) is 7.74. The van der Waals surface area contributed by atoms with Crippen molar-refractivity contribution in [1.29, 1.82) is 0 Å². The highest BCUT2D eigenvalue weighted by Crippen LogP contribution is 2.36. The molecule has 0 fully saturated rings. The summed E-state index contributed by atoms with van der Waals surface area (Å²) in [6.07, 6.45) is 0.510. The molecule has 0 bridgehead atoms. The molecule has 2 atom stereocenters. The molecule has 1 aromatic carbocycles. The molecule has 0 aliphatic carbocycles. The summed E-state index contributed by atoms with van der Waals surface area (Å²) in [6.45, 7) is 0. The molecular weight excluding hydrogens is 284 g/mol. The lowest BCUT2D eigenvalue weighted by Gasteiger charge is -2.28. The van der Waals surface area contributed by atoms with Crippen LogP contribution in [0.15, 0.2) is 41.8 Å². The standard InChI is InChI=1S/C16H14N2O2S/c19-16(20)12-8-10-9-4-1-2-5-11(9)17-14(10)15(18-12)13-6-3-7-21-13/h1-7,12,15,17-18H,8H2,(H,19,20)/t12-,15-/m1/s1. The fraction of sp³-hybridized carbons (Fsp3) is 0.188. The largest absolute Gasteiger partial charge is 0.480 e. The first-order valence-electron chi connectivity index (χ1n) is 6.86. The minimum atomic E-state index is -0.799. The van der Waals surface area contributed by atoms with Gasteiger partial charge in [-0.1, -0.05) is 24.3 Å². The van der Waals surface area contributed by atoms with Gasteiger partial charge in [-0.15, -0.1) is 11.3 Å². The van der Waals surface area contributed by atoms with Gasteiger partial charge in [0, 0.05) is 27.9 Å². The van der Waals surface area contributed by atoms with E-state index in [1.165, 1.54) is 0 Å². The number of carboxylic acids is 1. The summed E-state index contributed by atoms with van der Waals surface area (Å²) in [6, 6.07) is 11.5. The molecule has 0 unspecified atom stereocenters. The van der Waals surface area contributed by atoms with Gasteiger partial charge in [0.05, 0.1) is 6.04 Å². The lowest BCUT2D eigenvalue weighted by Crippen LogP contribution is -2.44. The second-order valence-corrected chi connectivity index (χ2v) is 6.25. The van der Waals surface area contributed by atoms with Crippen LogP contribution in [-0.2, 0) is 11.2 Å². The van der Waals surface area contributed by atoms with Gasteiger partial charge in [-0.3, -0.25) is 10.1 Å². The lowest BCUT2D eigenvalue weighted by molar-refractivity contribution is -0.139. The third kappa shape index (κ3) is 1.97. The van der Waals surface area contributed by atoms with Crippen LogP contribution in [0, 0.1) is 0 Å². The van der Waals surface area contributed by atoms with Crippen molar-refractivity contribution in [2.45, 2.75) is 18.5 Å². The molecule has 5 heteroatoms. The van der Waals surface area contributed by atoms with Crippen molar-refractivity contribution in [3.8, 4) is 0 Å². The fourth-order valence-electron chi connectivity index (χ4n) is 3.07. The smallest absolute Gasteiger partial charge is 0.321 e. The van der Waals surface area contributed by atoms with Crippen molar-refractivity contribution in [1.82, 2.24) is 10.3 Å². The van der Waals surface area contributed by atoms with Gasteiger partial charge in [0.2, 0.25) is 0 Å². The Labute approximate surface area is 125 Å². The van der Waals surface area contributed by atoms with Crippen molar-refractivity contribution in [2.75, 3.05) is 0 Å². The van der Waals surface area contributed by atoms with Crippen LogP contribution in [0.25, 0.3) is 10.9 Å². The molecule has 1 aliphatic heterocycles. The van der Waals surface area contributed by atoms with Gasteiger partial charge in [-0.2, -0.15) is 0 Å². The normalized spacial score (nSPS) is 21.3. The number of carboxylic acid groups (broad SMARTS) is 1. The summed E-state index contributed by atoms with van der Waals surface area (Å²) in [4.78, 5) is 16.1. The molecule has 0 saturated carbocycles. The van der Waals surface area contributed by atoms with Gasteiger partial charge in [0.15, 0.2) is 0 Å². The summed E-state index contributed by atoms with van der Waals surface area (Å²) in [5.41, 5.74) is 3.28. The Balaban J connectivity index is 1.92. The third-order valence-corrected chi connectivity index (χ3v) is 4.97. The predicted molar refractivity (Wildman–Crippen MR) is 82.7 cm³/mol. The van der Waals surface area contributed by atoms with Gasteiger partial charge >= 0.3 is 5.97 Å². The molecule has 21 heavy (non-hydrogen) atoms. The highest BCUT2D eigenvalue weighted by Gasteiger charge is 2.34. The van der Waals surface area contributed by atoms with Crippen LogP contribution in [-0.4, -0.2) is 22.1 Å². The molecular formula is C16H14N2O2S. The minimum Gasteiger partial charge on any atom is -0.480 e. The van der Waals surface area contributed by atoms with E-state index >= 15 is 0 Å². The monoisotopic (exact) mass is 298 g/mol. The Morgan fingerprint density at radius 1 is 1.24 bits per heavy atom. The number of para-hydroxylation sites is 1. The van der Waals surface area contributed by atoms with Crippen LogP contribution in [0.1, 0.15) is 22.2 Å². The number of aromatic nitrogens is 1. The zero-order valence-corrected chi connectivity index (χ0v) is 12.0. The molecule has 3 heterocycles. The number of hydrogen-bond acceptors (Lipinski definition) is 3. The van der Waals surface area contributed by atoms with Crippen molar-refractivity contribution in [3.63, 3.8) is 0 Å². The van der Waals surface area contributed by atoms with Crippen LogP contribution in [0.2, 0.25) is 0 Å². The van der Waals surface area contributed by atoms with Crippen molar-refractivity contribution >= 4 is 28.2 Å². The lowest BCUT2D eigenvalue weighted by atomic mass is 9.93. The van der Waals surface area contributed by atoms with E-state index in [1.807, 2.05) is 35.7 Å². The maximum absolute atomic E-state index is 11.5. The van der Waals surface area contributed by atoms with Gasteiger partial charge in [-0.25, -0.2) is 0 Å². The topological polar surface area (TPSA) is 65.1 Å². The molecule has 2 aromatic heterocycles. The molecule has 0 radical (unpaired) electrons. The maximum Gasteiger partial charge on any atom is 0.321 e. The van der Waals surface area contributed by atoms with E-state index in [-0.39, 0.29) is 6.04 Å². The quantitative estimate of drug-likeness (QED) is 0.681. The Hall–Kier alpha value is -2.11. The van der Waals surface area contributed by atoms with Crippen LogP contribution >= 0.6 is 11.3 Å². The van der Waals surface area contributed by atoms with Gasteiger partial charge in [-0.05, 0) is 23.1 Å². The molecule has 3 N–H and O–H groups in total. The SMILES string of the molecule is O=C(O)[C@H]1Cc2c([nH]c3ccccc23)[C@@H](c2cccs2)N1. The first kappa shape index (κ1) is 12.6. The fourth-order valence-corrected chi connectivity index (χ4v) is 3.87. The predicted octanol–water partition coefficient (Wildman–Crippen LogP) is 2.92. The summed E-state index contributed by atoms with van der Waals surface area (Å²) >= 11 is 1.64. The van der Waals surface area contributed by atoms with E-state index in [2.05, 4.69) is 16.4 Å². The van der Waals surface area contributed by atoms with Crippen LogP contribution < -0.4 is 5.32 Å². The van der Waals surface area contributed by atoms with E-state index in [0.717, 1.165) is 27.0 Å². The molecule has 4 rings (SSSR count). The highest BCUT2D eigenvalue weighted by molar-refractivity contribution is 7.10. The maximum atomic E-state index is 11.5. The summed E-state index contributed by atoms with van der Waals surface area (Å²) in [5.74, 6) is -0.799. The number of H-pyrrole nitrogens is 1.